The fourth-order valence-corrected chi connectivity index (χ4v) is 3.37. The molecule has 2 aromatic rings. The monoisotopic (exact) mass is 334 g/mol. The molecule has 0 heterocycles. The van der Waals surface area contributed by atoms with Gasteiger partial charge in [0.25, 0.3) is 5.69 Å². The largest absolute Gasteiger partial charge is 0.269 e. The lowest BCUT2D eigenvalue weighted by Crippen LogP contribution is -2.26. The maximum Gasteiger partial charge on any atom is 0.269 e. The predicted octanol–water partition coefficient (Wildman–Crippen LogP) is 2.65. The molecule has 2 rings (SSSR count). The zero-order chi connectivity index (χ0) is 16.7. The molecular formula is C16H18N2O4S. The summed E-state index contributed by atoms with van der Waals surface area (Å²) in [6, 6.07) is 15.5. The van der Waals surface area contributed by atoms with Gasteiger partial charge in [0, 0.05) is 18.7 Å². The van der Waals surface area contributed by atoms with E-state index < -0.39 is 14.9 Å². The Hall–Kier alpha value is -2.25. The number of rotatable bonds is 8. The molecule has 0 aromatic heterocycles. The van der Waals surface area contributed by atoms with Crippen molar-refractivity contribution in [3.63, 3.8) is 0 Å². The van der Waals surface area contributed by atoms with Crippen molar-refractivity contribution < 1.29 is 13.3 Å². The van der Waals surface area contributed by atoms with Gasteiger partial charge < -0.3 is 0 Å². The number of hydrogen-bond acceptors (Lipinski definition) is 4. The van der Waals surface area contributed by atoms with Gasteiger partial charge in [-0.25, -0.2) is 13.1 Å². The van der Waals surface area contributed by atoms with Gasteiger partial charge in [0.2, 0.25) is 10.0 Å². The van der Waals surface area contributed by atoms with E-state index in [1.165, 1.54) is 18.2 Å². The predicted molar refractivity (Wildman–Crippen MR) is 88.5 cm³/mol. The molecule has 0 saturated heterocycles. The van der Waals surface area contributed by atoms with E-state index in [2.05, 4.69) is 4.72 Å². The normalized spacial score (nSPS) is 11.3. The first-order valence-corrected chi connectivity index (χ1v) is 8.86. The van der Waals surface area contributed by atoms with Gasteiger partial charge in [0.05, 0.1) is 10.7 Å². The van der Waals surface area contributed by atoms with Crippen molar-refractivity contribution in [2.75, 3.05) is 6.54 Å². The van der Waals surface area contributed by atoms with E-state index in [1.807, 2.05) is 30.3 Å². The number of nitro benzene ring substituents is 1. The van der Waals surface area contributed by atoms with Crippen LogP contribution in [0.5, 0.6) is 0 Å². The first-order valence-electron chi connectivity index (χ1n) is 7.21. The van der Waals surface area contributed by atoms with Gasteiger partial charge in [-0.15, -0.1) is 0 Å². The number of nitrogens with zero attached hydrogens (tertiary/aromatic N) is 1. The molecular weight excluding hydrogens is 316 g/mol. The van der Waals surface area contributed by atoms with Crippen molar-refractivity contribution in [3.05, 3.63) is 75.8 Å². The molecule has 0 aliphatic carbocycles. The molecule has 23 heavy (non-hydrogen) atoms. The zero-order valence-corrected chi connectivity index (χ0v) is 13.3. The summed E-state index contributed by atoms with van der Waals surface area (Å²) < 4.78 is 26.6. The minimum atomic E-state index is -3.50. The lowest BCUT2D eigenvalue weighted by Gasteiger charge is -2.07. The van der Waals surface area contributed by atoms with Crippen LogP contribution in [-0.2, 0) is 22.2 Å². The maximum atomic E-state index is 12.0. The Labute approximate surface area is 135 Å². The van der Waals surface area contributed by atoms with Gasteiger partial charge in [-0.05, 0) is 24.0 Å². The molecule has 0 atom stereocenters. The van der Waals surface area contributed by atoms with E-state index in [0.717, 1.165) is 12.0 Å². The third kappa shape index (κ3) is 5.80. The lowest BCUT2D eigenvalue weighted by atomic mass is 10.1. The molecule has 6 nitrogen and oxygen atoms in total. The summed E-state index contributed by atoms with van der Waals surface area (Å²) in [6.07, 6.45) is 1.48. The van der Waals surface area contributed by atoms with Crippen LogP contribution in [0.25, 0.3) is 0 Å². The summed E-state index contributed by atoms with van der Waals surface area (Å²) in [7, 11) is -3.50. The minimum Gasteiger partial charge on any atom is -0.258 e. The second kappa shape index (κ2) is 7.85. The number of nitro groups is 1. The van der Waals surface area contributed by atoms with Crippen LogP contribution < -0.4 is 4.72 Å². The first-order chi connectivity index (χ1) is 11.0. The summed E-state index contributed by atoms with van der Waals surface area (Å²) >= 11 is 0. The van der Waals surface area contributed by atoms with E-state index in [-0.39, 0.29) is 11.4 Å². The second-order valence-corrected chi connectivity index (χ2v) is 6.98. The summed E-state index contributed by atoms with van der Waals surface area (Å²) in [4.78, 5) is 10.2. The lowest BCUT2D eigenvalue weighted by molar-refractivity contribution is -0.384. The molecule has 122 valence electrons. The first kappa shape index (κ1) is 17.1. The number of sulfonamides is 1. The molecule has 0 unspecified atom stereocenters. The van der Waals surface area contributed by atoms with Crippen LogP contribution in [0.3, 0.4) is 0 Å². The summed E-state index contributed by atoms with van der Waals surface area (Å²) in [6.45, 7) is 0.339. The zero-order valence-electron chi connectivity index (χ0n) is 12.5. The molecule has 0 amide bonds. The van der Waals surface area contributed by atoms with Gasteiger partial charge in [0.15, 0.2) is 0 Å². The van der Waals surface area contributed by atoms with Crippen LogP contribution in [0.4, 0.5) is 5.69 Å². The Bertz CT molecular complexity index is 761. The number of aryl methyl sites for hydroxylation is 1. The van der Waals surface area contributed by atoms with E-state index in [1.54, 1.807) is 6.07 Å². The van der Waals surface area contributed by atoms with Gasteiger partial charge in [-0.2, -0.15) is 0 Å². The van der Waals surface area contributed by atoms with Crippen LogP contribution >= 0.6 is 0 Å². The molecule has 7 heteroatoms. The minimum absolute atomic E-state index is 0.109. The smallest absolute Gasteiger partial charge is 0.258 e. The third-order valence-corrected chi connectivity index (χ3v) is 4.64. The molecule has 0 aliphatic rings. The Morgan fingerprint density at radius 1 is 1.00 bits per heavy atom. The van der Waals surface area contributed by atoms with Crippen molar-refractivity contribution in [2.24, 2.45) is 0 Å². The Balaban J connectivity index is 1.85. The topological polar surface area (TPSA) is 89.3 Å². The highest BCUT2D eigenvalue weighted by atomic mass is 32.2. The van der Waals surface area contributed by atoms with Gasteiger partial charge >= 0.3 is 0 Å². The fraction of sp³-hybridized carbons (Fsp3) is 0.250. The quantitative estimate of drug-likeness (QED) is 0.456. The Morgan fingerprint density at radius 3 is 2.39 bits per heavy atom. The molecule has 0 spiro atoms. The van der Waals surface area contributed by atoms with Crippen molar-refractivity contribution in [2.45, 2.75) is 18.6 Å². The van der Waals surface area contributed by atoms with E-state index in [9.17, 15) is 18.5 Å². The highest BCUT2D eigenvalue weighted by molar-refractivity contribution is 7.88. The molecule has 0 radical (unpaired) electrons. The van der Waals surface area contributed by atoms with E-state index in [4.69, 9.17) is 0 Å². The highest BCUT2D eigenvalue weighted by Crippen LogP contribution is 2.15. The number of non-ortho nitro benzene ring substituents is 1. The van der Waals surface area contributed by atoms with Crippen LogP contribution in [0.2, 0.25) is 0 Å². The summed E-state index contributed by atoms with van der Waals surface area (Å²) in [5, 5.41) is 10.7. The van der Waals surface area contributed by atoms with Crippen LogP contribution in [0.15, 0.2) is 54.6 Å². The SMILES string of the molecule is O=[N+]([O-])c1cccc(CS(=O)(=O)NCCCc2ccccc2)c1. The maximum absolute atomic E-state index is 12.0. The average Bonchev–Trinajstić information content (AvgIpc) is 2.52. The molecule has 0 aliphatic heterocycles. The van der Waals surface area contributed by atoms with E-state index in [0.29, 0.717) is 18.5 Å². The van der Waals surface area contributed by atoms with E-state index >= 15 is 0 Å². The molecule has 0 bridgehead atoms. The number of nitrogens with one attached hydrogen (secondary N) is 1. The summed E-state index contributed by atoms with van der Waals surface area (Å²) in [5.74, 6) is -0.264. The van der Waals surface area contributed by atoms with Crippen molar-refractivity contribution in [1.82, 2.24) is 4.72 Å². The van der Waals surface area contributed by atoms with Gasteiger partial charge in [-0.3, -0.25) is 10.1 Å². The third-order valence-electron chi connectivity index (χ3n) is 3.29. The van der Waals surface area contributed by atoms with Crippen LogP contribution in [0, 0.1) is 10.1 Å². The van der Waals surface area contributed by atoms with Crippen molar-refractivity contribution >= 4 is 15.7 Å². The van der Waals surface area contributed by atoms with Gasteiger partial charge in [-0.1, -0.05) is 42.5 Å². The van der Waals surface area contributed by atoms with Crippen LogP contribution in [0.1, 0.15) is 17.5 Å². The Kier molecular flexibility index (Phi) is 5.84. The molecule has 1 N–H and O–H groups in total. The molecule has 2 aromatic carbocycles. The Morgan fingerprint density at radius 2 is 1.70 bits per heavy atom. The standard InChI is InChI=1S/C16H18N2O4S/c19-18(20)16-10-4-8-15(12-16)13-23(21,22)17-11-5-9-14-6-2-1-3-7-14/h1-4,6-8,10,12,17H,5,9,11,13H2. The van der Waals surface area contributed by atoms with Gasteiger partial charge in [0.1, 0.15) is 0 Å². The van der Waals surface area contributed by atoms with Crippen molar-refractivity contribution in [1.29, 1.82) is 0 Å². The summed E-state index contributed by atoms with van der Waals surface area (Å²) in [5.41, 5.74) is 1.45. The fourth-order valence-electron chi connectivity index (χ4n) is 2.20. The average molecular weight is 334 g/mol. The number of benzene rings is 2. The molecule has 0 fully saturated rings. The molecule has 0 saturated carbocycles. The van der Waals surface area contributed by atoms with Crippen molar-refractivity contribution in [3.8, 4) is 0 Å². The second-order valence-electron chi connectivity index (χ2n) is 5.17. The van der Waals surface area contributed by atoms with Crippen LogP contribution in [-0.4, -0.2) is 19.9 Å². The highest BCUT2D eigenvalue weighted by Gasteiger charge is 2.13. The number of hydrogen-bond donors (Lipinski definition) is 1.